The molecule has 2 heterocycles. The van der Waals surface area contributed by atoms with E-state index in [1.165, 1.54) is 6.92 Å². The average molecular weight is 344 g/mol. The van der Waals surface area contributed by atoms with Crippen LogP contribution in [0.3, 0.4) is 0 Å². The molecule has 0 aromatic carbocycles. The van der Waals surface area contributed by atoms with Gasteiger partial charge in [-0.15, -0.1) is 0 Å². The minimum Gasteiger partial charge on any atom is -0.430 e. The third-order valence-corrected chi connectivity index (χ3v) is 4.21. The first-order chi connectivity index (χ1) is 11.6. The van der Waals surface area contributed by atoms with Gasteiger partial charge in [0.15, 0.2) is 11.5 Å². The number of rotatable bonds is 6. The largest absolute Gasteiger partial charge is 0.430 e. The lowest BCUT2D eigenvalue weighted by molar-refractivity contribution is -0.0508. The number of Topliss-reactive ketones (excluding diaryl/α,β-unsaturated/α-hetero) is 1. The van der Waals surface area contributed by atoms with Gasteiger partial charge >= 0.3 is 6.61 Å². The highest BCUT2D eigenvalue weighted by atomic mass is 19.3. The summed E-state index contributed by atoms with van der Waals surface area (Å²) in [6.07, 6.45) is 3.60. The van der Waals surface area contributed by atoms with Crippen LogP contribution in [0.2, 0.25) is 0 Å². The fourth-order valence-electron chi connectivity index (χ4n) is 2.94. The Kier molecular flexibility index (Phi) is 6.71. The first kappa shape index (κ1) is 18.8. The Labute approximate surface area is 141 Å². The molecule has 136 valence electrons. The summed E-state index contributed by atoms with van der Waals surface area (Å²) in [5.74, 6) is 0.181. The van der Waals surface area contributed by atoms with Crippen LogP contribution in [0, 0.1) is 5.92 Å². The second-order valence-electron chi connectivity index (χ2n) is 6.01. The third kappa shape index (κ3) is 4.53. The Morgan fingerprint density at radius 3 is 2.42 bits per heavy atom. The summed E-state index contributed by atoms with van der Waals surface area (Å²) < 4.78 is 37.0. The smallest absolute Gasteiger partial charge is 0.387 e. The predicted molar refractivity (Wildman–Crippen MR) is 85.7 cm³/mol. The first-order valence-electron chi connectivity index (χ1n) is 8.70. The molecule has 7 heteroatoms. The van der Waals surface area contributed by atoms with Crippen molar-refractivity contribution < 1.29 is 23.0 Å². The standard InChI is InChI=1S/C15H20F2N2O3.C2H6/c1-9(20)13-14(22-15(16)17)12(11-2-3-11)18-19(13)8-10-4-6-21-7-5-10;1-2/h10-11,15H,2-8H2,1H3;1-2H3. The van der Waals surface area contributed by atoms with Crippen LogP contribution in [0.25, 0.3) is 0 Å². The fourth-order valence-corrected chi connectivity index (χ4v) is 2.94. The van der Waals surface area contributed by atoms with Gasteiger partial charge in [-0.2, -0.15) is 13.9 Å². The number of ketones is 1. The maximum absolute atomic E-state index is 12.7. The molecule has 2 fully saturated rings. The van der Waals surface area contributed by atoms with Crippen molar-refractivity contribution in [3.05, 3.63) is 11.4 Å². The van der Waals surface area contributed by atoms with Gasteiger partial charge in [0.2, 0.25) is 0 Å². The Morgan fingerprint density at radius 1 is 1.29 bits per heavy atom. The van der Waals surface area contributed by atoms with E-state index in [0.29, 0.717) is 31.4 Å². The third-order valence-electron chi connectivity index (χ3n) is 4.21. The average Bonchev–Trinajstić information content (AvgIpc) is 3.34. The molecule has 1 saturated carbocycles. The molecule has 0 atom stereocenters. The summed E-state index contributed by atoms with van der Waals surface area (Å²) in [6.45, 7) is 4.35. The fraction of sp³-hybridized carbons (Fsp3) is 0.765. The monoisotopic (exact) mass is 344 g/mol. The zero-order valence-corrected chi connectivity index (χ0v) is 14.6. The lowest BCUT2D eigenvalue weighted by Crippen LogP contribution is -2.22. The zero-order valence-electron chi connectivity index (χ0n) is 14.6. The van der Waals surface area contributed by atoms with E-state index in [1.54, 1.807) is 4.68 Å². The van der Waals surface area contributed by atoms with E-state index in [0.717, 1.165) is 25.7 Å². The Morgan fingerprint density at radius 2 is 1.92 bits per heavy atom. The normalized spacial score (nSPS) is 18.2. The minimum atomic E-state index is -2.95. The van der Waals surface area contributed by atoms with E-state index < -0.39 is 6.61 Å². The molecule has 1 aromatic heterocycles. The molecule has 1 saturated heterocycles. The molecule has 1 aromatic rings. The van der Waals surface area contributed by atoms with Crippen molar-refractivity contribution in [3.8, 4) is 5.75 Å². The van der Waals surface area contributed by atoms with E-state index in [4.69, 9.17) is 4.74 Å². The van der Waals surface area contributed by atoms with Crippen LogP contribution in [0.5, 0.6) is 5.75 Å². The van der Waals surface area contributed by atoms with Crippen LogP contribution in [-0.4, -0.2) is 35.4 Å². The second kappa shape index (κ2) is 8.55. The van der Waals surface area contributed by atoms with Gasteiger partial charge < -0.3 is 9.47 Å². The van der Waals surface area contributed by atoms with E-state index in [-0.39, 0.29) is 23.1 Å². The van der Waals surface area contributed by atoms with Crippen molar-refractivity contribution in [2.45, 2.75) is 65.5 Å². The highest BCUT2D eigenvalue weighted by Crippen LogP contribution is 2.45. The molecule has 0 amide bonds. The molecule has 0 unspecified atom stereocenters. The summed E-state index contributed by atoms with van der Waals surface area (Å²) in [6, 6.07) is 0. The van der Waals surface area contributed by atoms with Gasteiger partial charge in [-0.3, -0.25) is 9.48 Å². The Hall–Kier alpha value is -1.50. The number of hydrogen-bond acceptors (Lipinski definition) is 4. The van der Waals surface area contributed by atoms with Crippen molar-refractivity contribution in [1.82, 2.24) is 9.78 Å². The summed E-state index contributed by atoms with van der Waals surface area (Å²) in [7, 11) is 0. The number of carbonyl (C=O) groups excluding carboxylic acids is 1. The van der Waals surface area contributed by atoms with Crippen molar-refractivity contribution in [2.75, 3.05) is 13.2 Å². The van der Waals surface area contributed by atoms with E-state index in [1.807, 2.05) is 13.8 Å². The Bertz CT molecular complexity index is 550. The number of alkyl halides is 2. The quantitative estimate of drug-likeness (QED) is 0.732. The van der Waals surface area contributed by atoms with Crippen molar-refractivity contribution in [3.63, 3.8) is 0 Å². The number of nitrogens with zero attached hydrogens (tertiary/aromatic N) is 2. The summed E-state index contributed by atoms with van der Waals surface area (Å²) in [5.41, 5.74) is 0.686. The molecule has 0 N–H and O–H groups in total. The number of hydrogen-bond donors (Lipinski definition) is 0. The van der Waals surface area contributed by atoms with Gasteiger partial charge in [0.25, 0.3) is 0 Å². The van der Waals surface area contributed by atoms with Crippen LogP contribution in [-0.2, 0) is 11.3 Å². The molecule has 0 radical (unpaired) electrons. The van der Waals surface area contributed by atoms with Crippen LogP contribution in [0.15, 0.2) is 0 Å². The molecular formula is C17H26F2N2O3. The molecular weight excluding hydrogens is 318 g/mol. The maximum Gasteiger partial charge on any atom is 0.387 e. The van der Waals surface area contributed by atoms with Crippen molar-refractivity contribution >= 4 is 5.78 Å². The Balaban J connectivity index is 0.00000100. The highest BCUT2D eigenvalue weighted by molar-refractivity contribution is 5.95. The molecule has 0 spiro atoms. The highest BCUT2D eigenvalue weighted by Gasteiger charge is 2.35. The topological polar surface area (TPSA) is 53.3 Å². The van der Waals surface area contributed by atoms with Crippen LogP contribution >= 0.6 is 0 Å². The van der Waals surface area contributed by atoms with Gasteiger partial charge in [-0.1, -0.05) is 13.8 Å². The van der Waals surface area contributed by atoms with E-state index >= 15 is 0 Å². The molecule has 2 aliphatic rings. The number of aromatic nitrogens is 2. The van der Waals surface area contributed by atoms with E-state index in [9.17, 15) is 13.6 Å². The van der Waals surface area contributed by atoms with E-state index in [2.05, 4.69) is 9.84 Å². The van der Waals surface area contributed by atoms with Crippen LogP contribution in [0.4, 0.5) is 8.78 Å². The maximum atomic E-state index is 12.7. The van der Waals surface area contributed by atoms with Crippen LogP contribution in [0.1, 0.15) is 68.6 Å². The van der Waals surface area contributed by atoms with Gasteiger partial charge in [0.1, 0.15) is 11.4 Å². The minimum absolute atomic E-state index is 0.0166. The summed E-state index contributed by atoms with van der Waals surface area (Å²) >= 11 is 0. The molecule has 1 aliphatic carbocycles. The second-order valence-corrected chi connectivity index (χ2v) is 6.01. The van der Waals surface area contributed by atoms with Crippen molar-refractivity contribution in [2.24, 2.45) is 5.92 Å². The molecule has 0 bridgehead atoms. The SMILES string of the molecule is CC.CC(=O)c1c(OC(F)F)c(C2CC2)nn1CC1CCOCC1. The number of ether oxygens (including phenoxy) is 2. The summed E-state index contributed by atoms with van der Waals surface area (Å²) in [4.78, 5) is 12.0. The first-order valence-corrected chi connectivity index (χ1v) is 8.70. The zero-order chi connectivity index (χ0) is 17.7. The lowest BCUT2D eigenvalue weighted by atomic mass is 10.0. The van der Waals surface area contributed by atoms with Crippen molar-refractivity contribution in [1.29, 1.82) is 0 Å². The van der Waals surface area contributed by atoms with Crippen LogP contribution < -0.4 is 4.74 Å². The van der Waals surface area contributed by atoms with Gasteiger partial charge in [0.05, 0.1) is 0 Å². The predicted octanol–water partition coefficient (Wildman–Crippen LogP) is 4.02. The summed E-state index contributed by atoms with van der Waals surface area (Å²) in [5, 5.41) is 4.44. The molecule has 1 aliphatic heterocycles. The number of carbonyl (C=O) groups is 1. The molecule has 24 heavy (non-hydrogen) atoms. The van der Waals surface area contributed by atoms with Gasteiger partial charge in [0, 0.05) is 32.6 Å². The number of halogens is 2. The molecule has 3 rings (SSSR count). The molecule has 5 nitrogen and oxygen atoms in total. The van der Waals surface area contributed by atoms with Gasteiger partial charge in [-0.25, -0.2) is 0 Å². The lowest BCUT2D eigenvalue weighted by Gasteiger charge is -2.22. The van der Waals surface area contributed by atoms with Gasteiger partial charge in [-0.05, 0) is 31.6 Å².